The third kappa shape index (κ3) is 3.21. The van der Waals surface area contributed by atoms with Gasteiger partial charge in [0.05, 0.1) is 17.7 Å². The summed E-state index contributed by atoms with van der Waals surface area (Å²) in [5.41, 5.74) is 1.12. The second-order valence-corrected chi connectivity index (χ2v) is 5.07. The normalized spacial score (nSPS) is 14.2. The molecule has 17 heavy (non-hydrogen) atoms. The Bertz CT molecular complexity index is 426. The number of likely N-dealkylation sites (N-methyl/N-ethyl adjacent to an activating group) is 1. The summed E-state index contributed by atoms with van der Waals surface area (Å²) < 4.78 is 6.11. The highest BCUT2D eigenvalue weighted by molar-refractivity contribution is 9.10. The monoisotopic (exact) mass is 296 g/mol. The van der Waals surface area contributed by atoms with Gasteiger partial charge in [-0.15, -0.1) is 0 Å². The molecule has 0 aliphatic carbocycles. The number of nitrogens with zero attached hydrogens (tertiary/aromatic N) is 2. The molecule has 92 valence electrons. The van der Waals surface area contributed by atoms with E-state index in [2.05, 4.69) is 28.9 Å². The molecule has 2 unspecified atom stereocenters. The van der Waals surface area contributed by atoms with Gasteiger partial charge in [-0.1, -0.05) is 13.0 Å². The van der Waals surface area contributed by atoms with Crippen molar-refractivity contribution in [2.45, 2.75) is 18.9 Å². The van der Waals surface area contributed by atoms with Crippen LogP contribution < -0.4 is 4.74 Å². The Morgan fingerprint density at radius 1 is 1.41 bits per heavy atom. The van der Waals surface area contributed by atoms with Crippen molar-refractivity contribution in [3.8, 4) is 11.8 Å². The minimum absolute atomic E-state index is 0.129. The highest BCUT2D eigenvalue weighted by Gasteiger charge is 2.21. The smallest absolute Gasteiger partial charge is 0.133 e. The molecule has 0 heterocycles. The molecule has 2 atom stereocenters. The summed E-state index contributed by atoms with van der Waals surface area (Å²) in [5, 5.41) is 9.17. The average molecular weight is 297 g/mol. The maximum absolute atomic E-state index is 9.17. The van der Waals surface area contributed by atoms with Crippen LogP contribution in [0.3, 0.4) is 0 Å². The van der Waals surface area contributed by atoms with E-state index in [-0.39, 0.29) is 12.0 Å². The van der Waals surface area contributed by atoms with Crippen molar-refractivity contribution in [2.24, 2.45) is 0 Å². The van der Waals surface area contributed by atoms with Gasteiger partial charge >= 0.3 is 0 Å². The Kier molecular flexibility index (Phi) is 4.98. The first-order valence-corrected chi connectivity index (χ1v) is 6.20. The third-order valence-corrected chi connectivity index (χ3v) is 3.48. The van der Waals surface area contributed by atoms with Crippen LogP contribution in [0.2, 0.25) is 0 Å². The topological polar surface area (TPSA) is 36.3 Å². The van der Waals surface area contributed by atoms with E-state index >= 15 is 0 Å². The number of benzene rings is 1. The fourth-order valence-electron chi connectivity index (χ4n) is 1.82. The van der Waals surface area contributed by atoms with Crippen molar-refractivity contribution in [1.82, 2.24) is 4.90 Å². The lowest BCUT2D eigenvalue weighted by Crippen LogP contribution is -2.31. The summed E-state index contributed by atoms with van der Waals surface area (Å²) >= 11 is 3.46. The predicted octanol–water partition coefficient (Wildman–Crippen LogP) is 3.01. The van der Waals surface area contributed by atoms with Crippen molar-refractivity contribution in [3.63, 3.8) is 0 Å². The SMILES string of the molecule is COc1ccc(C(C)C(C#N)N(C)C)cc1Br. The molecule has 0 spiro atoms. The summed E-state index contributed by atoms with van der Waals surface area (Å²) in [5.74, 6) is 0.955. The molecule has 0 bridgehead atoms. The molecule has 0 amide bonds. The van der Waals surface area contributed by atoms with Crippen molar-refractivity contribution in [2.75, 3.05) is 21.2 Å². The molecule has 0 saturated heterocycles. The van der Waals surface area contributed by atoms with Crippen LogP contribution in [0, 0.1) is 11.3 Å². The lowest BCUT2D eigenvalue weighted by atomic mass is 9.93. The number of halogens is 1. The van der Waals surface area contributed by atoms with E-state index in [0.717, 1.165) is 15.8 Å². The van der Waals surface area contributed by atoms with Gasteiger partial charge in [-0.3, -0.25) is 4.90 Å². The first-order chi connectivity index (χ1) is 8.01. The van der Waals surface area contributed by atoms with Gasteiger partial charge in [0.1, 0.15) is 11.8 Å². The van der Waals surface area contributed by atoms with Crippen LogP contribution in [0.25, 0.3) is 0 Å². The molecule has 1 aromatic carbocycles. The molecule has 1 rings (SSSR count). The Morgan fingerprint density at radius 2 is 2.06 bits per heavy atom. The summed E-state index contributed by atoms with van der Waals surface area (Å²) in [6, 6.07) is 8.13. The van der Waals surface area contributed by atoms with Gasteiger partial charge in [0.25, 0.3) is 0 Å². The van der Waals surface area contributed by atoms with Crippen molar-refractivity contribution in [3.05, 3.63) is 28.2 Å². The van der Waals surface area contributed by atoms with Gasteiger partial charge in [0.2, 0.25) is 0 Å². The minimum atomic E-state index is -0.129. The Hall–Kier alpha value is -1.05. The maximum Gasteiger partial charge on any atom is 0.133 e. The molecule has 0 fully saturated rings. The summed E-state index contributed by atoms with van der Waals surface area (Å²) in [4.78, 5) is 1.93. The summed E-state index contributed by atoms with van der Waals surface area (Å²) in [6.45, 7) is 2.06. The van der Waals surface area contributed by atoms with E-state index < -0.39 is 0 Å². The predicted molar refractivity (Wildman–Crippen MR) is 72.2 cm³/mol. The molecular formula is C13H17BrN2O. The number of rotatable bonds is 4. The average Bonchev–Trinajstić information content (AvgIpc) is 2.29. The highest BCUT2D eigenvalue weighted by Crippen LogP contribution is 2.30. The number of methoxy groups -OCH3 is 1. The van der Waals surface area contributed by atoms with Crippen LogP contribution in [-0.2, 0) is 0 Å². The fraction of sp³-hybridized carbons (Fsp3) is 0.462. The van der Waals surface area contributed by atoms with E-state index in [1.165, 1.54) is 0 Å². The van der Waals surface area contributed by atoms with E-state index in [1.54, 1.807) is 7.11 Å². The van der Waals surface area contributed by atoms with Gasteiger partial charge in [-0.2, -0.15) is 5.26 Å². The molecule has 0 aliphatic rings. The first-order valence-electron chi connectivity index (χ1n) is 5.40. The lowest BCUT2D eigenvalue weighted by molar-refractivity contribution is 0.316. The van der Waals surface area contributed by atoms with Gasteiger partial charge < -0.3 is 4.74 Å². The first kappa shape index (κ1) is 14.0. The fourth-order valence-corrected chi connectivity index (χ4v) is 2.38. The second-order valence-electron chi connectivity index (χ2n) is 4.22. The molecule has 0 aliphatic heterocycles. The van der Waals surface area contributed by atoms with E-state index in [0.29, 0.717) is 0 Å². The van der Waals surface area contributed by atoms with Gasteiger partial charge in [-0.05, 0) is 47.7 Å². The van der Waals surface area contributed by atoms with Crippen LogP contribution >= 0.6 is 15.9 Å². The Balaban J connectivity index is 3.01. The van der Waals surface area contributed by atoms with Crippen LogP contribution in [-0.4, -0.2) is 32.1 Å². The zero-order valence-electron chi connectivity index (χ0n) is 10.6. The third-order valence-electron chi connectivity index (χ3n) is 2.86. The van der Waals surface area contributed by atoms with Crippen LogP contribution in [0.4, 0.5) is 0 Å². The largest absolute Gasteiger partial charge is 0.496 e. The van der Waals surface area contributed by atoms with E-state index in [9.17, 15) is 5.26 Å². The summed E-state index contributed by atoms with van der Waals surface area (Å²) in [6.07, 6.45) is 0. The van der Waals surface area contributed by atoms with Gasteiger partial charge in [0.15, 0.2) is 0 Å². The number of hydrogen-bond donors (Lipinski definition) is 0. The van der Waals surface area contributed by atoms with Gasteiger partial charge in [0, 0.05) is 5.92 Å². The molecule has 0 saturated carbocycles. The van der Waals surface area contributed by atoms with Crippen molar-refractivity contribution >= 4 is 15.9 Å². The molecule has 0 N–H and O–H groups in total. The maximum atomic E-state index is 9.17. The molecule has 4 heteroatoms. The lowest BCUT2D eigenvalue weighted by Gasteiger charge is -2.24. The summed E-state index contributed by atoms with van der Waals surface area (Å²) in [7, 11) is 5.48. The van der Waals surface area contributed by atoms with Crippen molar-refractivity contribution < 1.29 is 4.74 Å². The van der Waals surface area contributed by atoms with Gasteiger partial charge in [-0.25, -0.2) is 0 Å². The second kappa shape index (κ2) is 6.04. The number of hydrogen-bond acceptors (Lipinski definition) is 3. The minimum Gasteiger partial charge on any atom is -0.496 e. The molecule has 0 aromatic heterocycles. The molecule has 3 nitrogen and oxygen atoms in total. The molecule has 1 aromatic rings. The van der Waals surface area contributed by atoms with E-state index in [4.69, 9.17) is 4.74 Å². The van der Waals surface area contributed by atoms with Crippen molar-refractivity contribution in [1.29, 1.82) is 5.26 Å². The van der Waals surface area contributed by atoms with Crippen LogP contribution in [0.15, 0.2) is 22.7 Å². The highest BCUT2D eigenvalue weighted by atomic mass is 79.9. The van der Waals surface area contributed by atoms with Crippen LogP contribution in [0.1, 0.15) is 18.4 Å². The van der Waals surface area contributed by atoms with Crippen LogP contribution in [0.5, 0.6) is 5.75 Å². The molecule has 0 radical (unpaired) electrons. The Labute approximate surface area is 111 Å². The van der Waals surface area contributed by atoms with E-state index in [1.807, 2.05) is 37.2 Å². The standard InChI is InChI=1S/C13H17BrN2O/c1-9(12(8-15)16(2)3)10-5-6-13(17-4)11(14)7-10/h5-7,9,12H,1-4H3. The zero-order chi connectivity index (χ0) is 13.0. The number of nitriles is 1. The molecular weight excluding hydrogens is 280 g/mol. The Morgan fingerprint density at radius 3 is 2.47 bits per heavy atom. The quantitative estimate of drug-likeness (QED) is 0.857. The number of ether oxygens (including phenoxy) is 1. The zero-order valence-corrected chi connectivity index (χ0v) is 12.2.